The molecule has 0 saturated heterocycles. The van der Waals surface area contributed by atoms with Crippen molar-refractivity contribution < 1.29 is 18.0 Å². The van der Waals surface area contributed by atoms with Gasteiger partial charge in [0.1, 0.15) is 15.7 Å². The highest BCUT2D eigenvalue weighted by Gasteiger charge is 2.33. The van der Waals surface area contributed by atoms with E-state index < -0.39 is 17.6 Å². The molecule has 0 aliphatic rings. The maximum absolute atomic E-state index is 13.2. The summed E-state index contributed by atoms with van der Waals surface area (Å²) in [6, 6.07) is 20.6. The number of nitrogens with one attached hydrogen (secondary N) is 2. The molecule has 0 aliphatic heterocycles. The number of alkyl halides is 3. The number of pyridine rings is 1. The highest BCUT2D eigenvalue weighted by molar-refractivity contribution is 7.13. The van der Waals surface area contributed by atoms with Gasteiger partial charge in [0.2, 0.25) is 0 Å². The number of carbonyl (C=O) groups is 1. The van der Waals surface area contributed by atoms with E-state index in [0.29, 0.717) is 5.01 Å². The van der Waals surface area contributed by atoms with Crippen LogP contribution in [0, 0.1) is 6.92 Å². The van der Waals surface area contributed by atoms with Gasteiger partial charge in [-0.15, -0.1) is 11.3 Å². The fourth-order valence-electron chi connectivity index (χ4n) is 3.67. The summed E-state index contributed by atoms with van der Waals surface area (Å²) in [5, 5.41) is 6.70. The van der Waals surface area contributed by atoms with E-state index in [4.69, 9.17) is 0 Å². The van der Waals surface area contributed by atoms with Gasteiger partial charge in [0, 0.05) is 6.20 Å². The number of benzene rings is 2. The first kappa shape index (κ1) is 24.6. The smallest absolute Gasteiger partial charge is 0.306 e. The largest absolute Gasteiger partial charge is 0.416 e. The zero-order chi connectivity index (χ0) is 25.0. The van der Waals surface area contributed by atoms with Crippen molar-refractivity contribution in [2.75, 3.05) is 5.32 Å². The lowest BCUT2D eigenvalue weighted by atomic mass is 9.98. The Balaban J connectivity index is 1.50. The average Bonchev–Trinajstić information content (AvgIpc) is 3.35. The maximum Gasteiger partial charge on any atom is 0.416 e. The second-order valence-electron chi connectivity index (χ2n) is 8.04. The molecule has 0 saturated carbocycles. The standard InChI is InChI=1S/C26H23F3N4OS/c1-16-14-30-22(13-20(16)26(27,28)29)33-24(34)21-15-31-25(35-21)17(2)32-23(18-9-5-3-6-10-18)19-11-7-4-8-12-19/h3-15,17,23,32H,1-2H3,(H,30,33,34)/t17-/m1/s1. The maximum atomic E-state index is 13.2. The van der Waals surface area contributed by atoms with Crippen LogP contribution in [-0.4, -0.2) is 15.9 Å². The Morgan fingerprint density at radius 2 is 1.54 bits per heavy atom. The van der Waals surface area contributed by atoms with Gasteiger partial charge in [-0.3, -0.25) is 10.1 Å². The van der Waals surface area contributed by atoms with E-state index in [2.05, 4.69) is 20.6 Å². The molecule has 4 rings (SSSR count). The van der Waals surface area contributed by atoms with Gasteiger partial charge >= 0.3 is 6.18 Å². The second-order valence-corrected chi connectivity index (χ2v) is 9.10. The number of thiazole rings is 1. The van der Waals surface area contributed by atoms with Crippen molar-refractivity contribution in [3.63, 3.8) is 0 Å². The van der Waals surface area contributed by atoms with Crippen LogP contribution in [0.25, 0.3) is 0 Å². The minimum atomic E-state index is -4.53. The van der Waals surface area contributed by atoms with E-state index in [0.717, 1.165) is 23.4 Å². The Bertz CT molecular complexity index is 1250. The number of hydrogen-bond acceptors (Lipinski definition) is 5. The third-order valence-corrected chi connectivity index (χ3v) is 6.63. The highest BCUT2D eigenvalue weighted by Crippen LogP contribution is 2.33. The van der Waals surface area contributed by atoms with E-state index in [1.807, 2.05) is 67.6 Å². The number of amides is 1. The molecule has 35 heavy (non-hydrogen) atoms. The molecule has 2 heterocycles. The van der Waals surface area contributed by atoms with Crippen molar-refractivity contribution in [1.29, 1.82) is 0 Å². The van der Waals surface area contributed by atoms with Crippen LogP contribution < -0.4 is 10.6 Å². The van der Waals surface area contributed by atoms with Crippen molar-refractivity contribution >= 4 is 23.1 Å². The lowest BCUT2D eigenvalue weighted by molar-refractivity contribution is -0.138. The number of rotatable bonds is 7. The van der Waals surface area contributed by atoms with Crippen molar-refractivity contribution in [3.05, 3.63) is 111 Å². The summed E-state index contributed by atoms with van der Waals surface area (Å²) in [5.74, 6) is -0.727. The number of halogens is 3. The molecule has 0 bridgehead atoms. The molecule has 180 valence electrons. The molecule has 0 unspecified atom stereocenters. The molecule has 1 amide bonds. The summed E-state index contributed by atoms with van der Waals surface area (Å²) < 4.78 is 39.5. The number of carbonyl (C=O) groups excluding carboxylic acids is 1. The lowest BCUT2D eigenvalue weighted by Gasteiger charge is -2.23. The van der Waals surface area contributed by atoms with Crippen LogP contribution in [0.15, 0.2) is 79.1 Å². The van der Waals surface area contributed by atoms with Crippen LogP contribution in [0.3, 0.4) is 0 Å². The molecule has 0 spiro atoms. The predicted octanol–water partition coefficient (Wildman–Crippen LogP) is 6.56. The number of nitrogens with zero attached hydrogens (tertiary/aromatic N) is 2. The molecule has 0 aliphatic carbocycles. The van der Waals surface area contributed by atoms with E-state index >= 15 is 0 Å². The summed E-state index contributed by atoms with van der Waals surface area (Å²) in [6.07, 6.45) is -2.01. The second kappa shape index (κ2) is 10.4. The van der Waals surface area contributed by atoms with E-state index in [9.17, 15) is 18.0 Å². The zero-order valence-corrected chi connectivity index (χ0v) is 19.8. The Hall–Kier alpha value is -3.56. The average molecular weight is 497 g/mol. The first-order valence-electron chi connectivity index (χ1n) is 10.9. The summed E-state index contributed by atoms with van der Waals surface area (Å²) in [5.41, 5.74) is 1.33. The molecule has 1 atom stereocenters. The molecule has 2 aromatic carbocycles. The van der Waals surface area contributed by atoms with Crippen LogP contribution in [0.4, 0.5) is 19.0 Å². The monoisotopic (exact) mass is 496 g/mol. The Kier molecular flexibility index (Phi) is 7.28. The zero-order valence-electron chi connectivity index (χ0n) is 19.0. The highest BCUT2D eigenvalue weighted by atomic mass is 32.1. The molecular formula is C26H23F3N4OS. The topological polar surface area (TPSA) is 66.9 Å². The first-order chi connectivity index (χ1) is 16.7. The Labute approximate surface area is 205 Å². The van der Waals surface area contributed by atoms with E-state index in [-0.39, 0.29) is 28.3 Å². The number of anilines is 1. The lowest BCUT2D eigenvalue weighted by Crippen LogP contribution is -2.25. The van der Waals surface area contributed by atoms with Crippen LogP contribution in [-0.2, 0) is 6.18 Å². The van der Waals surface area contributed by atoms with Gasteiger partial charge in [0.25, 0.3) is 5.91 Å². The summed E-state index contributed by atoms with van der Waals surface area (Å²) in [4.78, 5) is 21.2. The molecular weight excluding hydrogens is 473 g/mol. The summed E-state index contributed by atoms with van der Waals surface area (Å²) >= 11 is 1.18. The van der Waals surface area contributed by atoms with Crippen molar-refractivity contribution in [2.24, 2.45) is 0 Å². The summed E-state index contributed by atoms with van der Waals surface area (Å²) in [7, 11) is 0. The van der Waals surface area contributed by atoms with Crippen LogP contribution in [0.2, 0.25) is 0 Å². The van der Waals surface area contributed by atoms with Crippen molar-refractivity contribution in [3.8, 4) is 0 Å². The number of aromatic nitrogens is 2. The quantitative estimate of drug-likeness (QED) is 0.304. The van der Waals surface area contributed by atoms with Gasteiger partial charge in [-0.25, -0.2) is 9.97 Å². The van der Waals surface area contributed by atoms with Gasteiger partial charge < -0.3 is 5.32 Å². The summed E-state index contributed by atoms with van der Waals surface area (Å²) in [6.45, 7) is 3.28. The van der Waals surface area contributed by atoms with E-state index in [1.54, 1.807) is 0 Å². The third-order valence-electron chi connectivity index (χ3n) is 5.45. The molecule has 9 heteroatoms. The fourth-order valence-corrected chi connectivity index (χ4v) is 4.49. The molecule has 5 nitrogen and oxygen atoms in total. The van der Waals surface area contributed by atoms with Gasteiger partial charge in [0.05, 0.1) is 23.8 Å². The SMILES string of the molecule is Cc1cnc(NC(=O)c2cnc([C@@H](C)NC(c3ccccc3)c3ccccc3)s2)cc1C(F)(F)F. The van der Waals surface area contributed by atoms with Crippen LogP contribution in [0.5, 0.6) is 0 Å². The molecule has 0 fully saturated rings. The third kappa shape index (κ3) is 5.93. The predicted molar refractivity (Wildman–Crippen MR) is 130 cm³/mol. The number of aryl methyl sites for hydroxylation is 1. The Morgan fingerprint density at radius 1 is 0.943 bits per heavy atom. The van der Waals surface area contributed by atoms with Crippen molar-refractivity contribution in [1.82, 2.24) is 15.3 Å². The van der Waals surface area contributed by atoms with Crippen molar-refractivity contribution in [2.45, 2.75) is 32.1 Å². The van der Waals surface area contributed by atoms with Gasteiger partial charge in [-0.2, -0.15) is 13.2 Å². The van der Waals surface area contributed by atoms with Gasteiger partial charge in [-0.1, -0.05) is 60.7 Å². The minimum absolute atomic E-state index is 0.0122. The number of hydrogen-bond donors (Lipinski definition) is 2. The Morgan fingerprint density at radius 3 is 2.11 bits per heavy atom. The molecule has 0 radical (unpaired) electrons. The minimum Gasteiger partial charge on any atom is -0.306 e. The molecule has 4 aromatic rings. The molecule has 2 aromatic heterocycles. The normalized spacial score (nSPS) is 12.5. The van der Waals surface area contributed by atoms with Crippen LogP contribution in [0.1, 0.15) is 55.9 Å². The van der Waals surface area contributed by atoms with Gasteiger partial charge in [-0.05, 0) is 36.6 Å². The van der Waals surface area contributed by atoms with E-state index in [1.165, 1.54) is 24.5 Å². The van der Waals surface area contributed by atoms with Gasteiger partial charge in [0.15, 0.2) is 0 Å². The first-order valence-corrected chi connectivity index (χ1v) is 11.7. The fraction of sp³-hybridized carbons (Fsp3) is 0.192. The van der Waals surface area contributed by atoms with Crippen LogP contribution >= 0.6 is 11.3 Å². The molecule has 2 N–H and O–H groups in total.